The van der Waals surface area contributed by atoms with Crippen LogP contribution in [0, 0.1) is 0 Å². The van der Waals surface area contributed by atoms with Gasteiger partial charge in [-0.25, -0.2) is 9.97 Å². The summed E-state index contributed by atoms with van der Waals surface area (Å²) in [6.45, 7) is 0.707. The lowest BCUT2D eigenvalue weighted by Gasteiger charge is -2.38. The Bertz CT molecular complexity index is 330. The third-order valence-corrected chi connectivity index (χ3v) is 3.04. The van der Waals surface area contributed by atoms with Gasteiger partial charge >= 0.3 is 0 Å². The molecule has 82 valence electrons. The molecule has 4 nitrogen and oxygen atoms in total. The second-order valence-electron chi connectivity index (χ2n) is 3.70. The summed E-state index contributed by atoms with van der Waals surface area (Å²) < 4.78 is 0. The molecule has 0 saturated heterocycles. The molecular formula is C10H14ClN3O. The number of aromatic nitrogens is 2. The van der Waals surface area contributed by atoms with Gasteiger partial charge in [-0.15, -0.1) is 0 Å². The number of nitrogens with zero attached hydrogens (tertiary/aromatic N) is 3. The maximum absolute atomic E-state index is 9.03. The SMILES string of the molecule is OCCN(c1ncncc1Cl)C1CCC1. The van der Waals surface area contributed by atoms with Crippen molar-refractivity contribution in [2.75, 3.05) is 18.1 Å². The minimum absolute atomic E-state index is 0.122. The molecule has 0 amide bonds. The molecule has 0 radical (unpaired) electrons. The Labute approximate surface area is 93.9 Å². The Hall–Kier alpha value is -0.870. The summed E-state index contributed by atoms with van der Waals surface area (Å²) in [5, 5.41) is 9.58. The Morgan fingerprint density at radius 2 is 2.33 bits per heavy atom. The highest BCUT2D eigenvalue weighted by Crippen LogP contribution is 2.31. The standard InChI is InChI=1S/C10H14ClN3O/c11-9-6-12-7-13-10(9)14(4-5-15)8-2-1-3-8/h6-8,15H,1-5H2. The first-order chi connectivity index (χ1) is 7.33. The van der Waals surface area contributed by atoms with Crippen LogP contribution < -0.4 is 4.90 Å². The van der Waals surface area contributed by atoms with E-state index >= 15 is 0 Å². The molecule has 1 N–H and O–H groups in total. The smallest absolute Gasteiger partial charge is 0.151 e. The van der Waals surface area contributed by atoms with Gasteiger partial charge in [0.05, 0.1) is 12.8 Å². The van der Waals surface area contributed by atoms with Crippen LogP contribution in [0.15, 0.2) is 12.5 Å². The summed E-state index contributed by atoms with van der Waals surface area (Å²) in [7, 11) is 0. The highest BCUT2D eigenvalue weighted by molar-refractivity contribution is 6.32. The first kappa shape index (κ1) is 10.6. The quantitative estimate of drug-likeness (QED) is 0.847. The third-order valence-electron chi connectivity index (χ3n) is 2.78. The number of halogens is 1. The van der Waals surface area contributed by atoms with Gasteiger partial charge in [-0.1, -0.05) is 11.6 Å². The zero-order valence-corrected chi connectivity index (χ0v) is 9.19. The average molecular weight is 228 g/mol. The minimum atomic E-state index is 0.122. The van der Waals surface area contributed by atoms with Crippen LogP contribution in [0.25, 0.3) is 0 Å². The Balaban J connectivity index is 2.19. The van der Waals surface area contributed by atoms with Gasteiger partial charge in [0.1, 0.15) is 11.3 Å². The average Bonchev–Trinajstić information content (AvgIpc) is 2.15. The van der Waals surface area contributed by atoms with E-state index in [-0.39, 0.29) is 6.61 Å². The van der Waals surface area contributed by atoms with E-state index in [0.717, 1.165) is 18.7 Å². The number of aliphatic hydroxyl groups excluding tert-OH is 1. The fraction of sp³-hybridized carbons (Fsp3) is 0.600. The van der Waals surface area contributed by atoms with E-state index in [2.05, 4.69) is 14.9 Å². The summed E-state index contributed by atoms with van der Waals surface area (Å²) in [5.41, 5.74) is 0. The number of hydrogen-bond acceptors (Lipinski definition) is 4. The maximum Gasteiger partial charge on any atom is 0.151 e. The Morgan fingerprint density at radius 3 is 2.87 bits per heavy atom. The van der Waals surface area contributed by atoms with Crippen LogP contribution in [0.5, 0.6) is 0 Å². The molecule has 1 heterocycles. The van der Waals surface area contributed by atoms with E-state index in [4.69, 9.17) is 16.7 Å². The second kappa shape index (κ2) is 4.77. The van der Waals surface area contributed by atoms with Gasteiger partial charge in [0.2, 0.25) is 0 Å². The zero-order chi connectivity index (χ0) is 10.7. The summed E-state index contributed by atoms with van der Waals surface area (Å²) >= 11 is 6.03. The van der Waals surface area contributed by atoms with Crippen molar-refractivity contribution in [1.29, 1.82) is 0 Å². The lowest BCUT2D eigenvalue weighted by Crippen LogP contribution is -2.42. The van der Waals surface area contributed by atoms with Crippen LogP contribution in [0.2, 0.25) is 5.02 Å². The molecule has 5 heteroatoms. The molecule has 1 fully saturated rings. The van der Waals surface area contributed by atoms with E-state index < -0.39 is 0 Å². The molecule has 2 rings (SSSR count). The van der Waals surface area contributed by atoms with Crippen LogP contribution >= 0.6 is 11.6 Å². The van der Waals surface area contributed by atoms with Gasteiger partial charge in [0.15, 0.2) is 5.82 Å². The second-order valence-corrected chi connectivity index (χ2v) is 4.10. The van der Waals surface area contributed by atoms with Crippen LogP contribution in [-0.4, -0.2) is 34.3 Å². The topological polar surface area (TPSA) is 49.2 Å². The summed E-state index contributed by atoms with van der Waals surface area (Å²) in [6, 6.07) is 0.476. The fourth-order valence-corrected chi connectivity index (χ4v) is 2.00. The third kappa shape index (κ3) is 2.21. The van der Waals surface area contributed by atoms with Gasteiger partial charge in [-0.2, -0.15) is 0 Å². The zero-order valence-electron chi connectivity index (χ0n) is 8.43. The maximum atomic E-state index is 9.03. The summed E-state index contributed by atoms with van der Waals surface area (Å²) in [4.78, 5) is 10.1. The van der Waals surface area contributed by atoms with Crippen molar-refractivity contribution in [2.24, 2.45) is 0 Å². The molecule has 1 aliphatic carbocycles. The van der Waals surface area contributed by atoms with Crippen molar-refractivity contribution in [2.45, 2.75) is 25.3 Å². The van der Waals surface area contributed by atoms with Crippen LogP contribution in [0.4, 0.5) is 5.82 Å². The molecule has 1 aliphatic rings. The number of anilines is 1. The van der Waals surface area contributed by atoms with Crippen molar-refractivity contribution in [3.63, 3.8) is 0 Å². The fourth-order valence-electron chi connectivity index (χ4n) is 1.79. The lowest BCUT2D eigenvalue weighted by molar-refractivity contribution is 0.283. The van der Waals surface area contributed by atoms with E-state index in [1.807, 2.05) is 0 Å². The molecule has 0 atom stereocenters. The minimum Gasteiger partial charge on any atom is -0.395 e. The van der Waals surface area contributed by atoms with Gasteiger partial charge in [0, 0.05) is 12.6 Å². The molecule has 1 aromatic rings. The van der Waals surface area contributed by atoms with Gasteiger partial charge in [-0.05, 0) is 19.3 Å². The Morgan fingerprint density at radius 1 is 1.53 bits per heavy atom. The highest BCUT2D eigenvalue weighted by atomic mass is 35.5. The molecule has 0 unspecified atom stereocenters. The van der Waals surface area contributed by atoms with Crippen LogP contribution in [0.3, 0.4) is 0 Å². The highest BCUT2D eigenvalue weighted by Gasteiger charge is 2.26. The first-order valence-corrected chi connectivity index (χ1v) is 5.53. The van der Waals surface area contributed by atoms with Crippen molar-refractivity contribution >= 4 is 17.4 Å². The molecule has 0 aromatic carbocycles. The lowest BCUT2D eigenvalue weighted by atomic mass is 9.91. The van der Waals surface area contributed by atoms with Crippen molar-refractivity contribution in [1.82, 2.24) is 9.97 Å². The number of rotatable bonds is 4. The van der Waals surface area contributed by atoms with Crippen LogP contribution in [0.1, 0.15) is 19.3 Å². The van der Waals surface area contributed by atoms with Crippen molar-refractivity contribution < 1.29 is 5.11 Å². The molecule has 0 aliphatic heterocycles. The molecule has 0 spiro atoms. The van der Waals surface area contributed by atoms with Crippen molar-refractivity contribution in [3.05, 3.63) is 17.5 Å². The van der Waals surface area contributed by atoms with E-state index in [9.17, 15) is 0 Å². The summed E-state index contributed by atoms with van der Waals surface area (Å²) in [5.74, 6) is 0.741. The largest absolute Gasteiger partial charge is 0.395 e. The predicted octanol–water partition coefficient (Wildman–Crippen LogP) is 1.48. The molecule has 15 heavy (non-hydrogen) atoms. The molecule has 1 aromatic heterocycles. The molecular weight excluding hydrogens is 214 g/mol. The van der Waals surface area contributed by atoms with Gasteiger partial charge in [-0.3, -0.25) is 0 Å². The monoisotopic (exact) mass is 227 g/mol. The predicted molar refractivity (Wildman–Crippen MR) is 59.1 cm³/mol. The van der Waals surface area contributed by atoms with E-state index in [0.29, 0.717) is 17.6 Å². The number of aliphatic hydroxyl groups is 1. The molecule has 1 saturated carbocycles. The van der Waals surface area contributed by atoms with Gasteiger partial charge < -0.3 is 10.0 Å². The first-order valence-electron chi connectivity index (χ1n) is 5.16. The van der Waals surface area contributed by atoms with Crippen molar-refractivity contribution in [3.8, 4) is 0 Å². The van der Waals surface area contributed by atoms with Gasteiger partial charge in [0.25, 0.3) is 0 Å². The number of hydrogen-bond donors (Lipinski definition) is 1. The molecule has 0 bridgehead atoms. The normalized spacial score (nSPS) is 16.1. The summed E-state index contributed by atoms with van der Waals surface area (Å²) in [6.07, 6.45) is 6.63. The van der Waals surface area contributed by atoms with E-state index in [1.165, 1.54) is 12.7 Å². The van der Waals surface area contributed by atoms with Crippen LogP contribution in [-0.2, 0) is 0 Å². The Kier molecular flexibility index (Phi) is 3.38. The van der Waals surface area contributed by atoms with E-state index in [1.54, 1.807) is 6.20 Å².